The summed E-state index contributed by atoms with van der Waals surface area (Å²) in [6, 6.07) is 12.3. The highest BCUT2D eigenvalue weighted by Crippen LogP contribution is 2.10. The van der Waals surface area contributed by atoms with E-state index in [9.17, 15) is 4.79 Å². The Morgan fingerprint density at radius 2 is 1.88 bits per heavy atom. The summed E-state index contributed by atoms with van der Waals surface area (Å²) in [7, 11) is 0. The number of carbonyl (C=O) groups excluding carboxylic acids is 1. The van der Waals surface area contributed by atoms with E-state index in [0.717, 1.165) is 0 Å². The Hall–Kier alpha value is -1.87. The summed E-state index contributed by atoms with van der Waals surface area (Å²) in [4.78, 5) is 15.7. The van der Waals surface area contributed by atoms with Gasteiger partial charge in [-0.25, -0.2) is 4.98 Å². The maximum Gasteiger partial charge on any atom is 0.256 e. The number of halogens is 1. The molecular weight excluding hydrogens is 224 g/mol. The van der Waals surface area contributed by atoms with Crippen molar-refractivity contribution in [1.29, 1.82) is 0 Å². The van der Waals surface area contributed by atoms with Gasteiger partial charge in [-0.1, -0.05) is 29.8 Å². The van der Waals surface area contributed by atoms with Crippen LogP contribution in [0.3, 0.4) is 0 Å². The normalized spacial score (nSPS) is 9.81. The molecule has 80 valence electrons. The topological polar surface area (TPSA) is 42.0 Å². The zero-order valence-electron chi connectivity index (χ0n) is 8.35. The fourth-order valence-electron chi connectivity index (χ4n) is 1.23. The minimum Gasteiger partial charge on any atom is -0.307 e. The Labute approximate surface area is 98.1 Å². The van der Waals surface area contributed by atoms with Gasteiger partial charge in [-0.15, -0.1) is 0 Å². The lowest BCUT2D eigenvalue weighted by atomic mass is 10.2. The molecule has 0 bridgehead atoms. The standard InChI is InChI=1S/C12H9ClN2O/c13-10-6-7-11(14-8-10)15-12(16)9-4-2-1-3-5-9/h1-8H,(H,14,15,16). The molecule has 0 fully saturated rings. The van der Waals surface area contributed by atoms with Crippen LogP contribution in [0.1, 0.15) is 10.4 Å². The quantitative estimate of drug-likeness (QED) is 0.865. The average Bonchev–Trinajstić information content (AvgIpc) is 2.33. The molecule has 2 aromatic rings. The maximum atomic E-state index is 11.7. The summed E-state index contributed by atoms with van der Waals surface area (Å²) < 4.78 is 0. The number of nitrogens with one attached hydrogen (secondary N) is 1. The molecule has 1 heterocycles. The molecule has 3 nitrogen and oxygen atoms in total. The summed E-state index contributed by atoms with van der Waals surface area (Å²) in [6.07, 6.45) is 1.49. The van der Waals surface area contributed by atoms with Gasteiger partial charge in [0.2, 0.25) is 0 Å². The molecule has 0 saturated heterocycles. The number of amides is 1. The number of anilines is 1. The van der Waals surface area contributed by atoms with Crippen LogP contribution in [0, 0.1) is 0 Å². The minimum absolute atomic E-state index is 0.185. The molecular formula is C12H9ClN2O. The van der Waals surface area contributed by atoms with E-state index >= 15 is 0 Å². The van der Waals surface area contributed by atoms with E-state index in [1.165, 1.54) is 6.20 Å². The van der Waals surface area contributed by atoms with Gasteiger partial charge >= 0.3 is 0 Å². The molecule has 4 heteroatoms. The Bertz CT molecular complexity index is 482. The van der Waals surface area contributed by atoms with Crippen molar-refractivity contribution in [1.82, 2.24) is 4.98 Å². The van der Waals surface area contributed by atoms with E-state index in [1.54, 1.807) is 24.3 Å². The number of rotatable bonds is 2. The van der Waals surface area contributed by atoms with Crippen LogP contribution in [0.15, 0.2) is 48.7 Å². The van der Waals surface area contributed by atoms with E-state index in [0.29, 0.717) is 16.4 Å². The number of nitrogens with zero attached hydrogens (tertiary/aromatic N) is 1. The summed E-state index contributed by atoms with van der Waals surface area (Å²) in [5.41, 5.74) is 0.597. The molecule has 2 rings (SSSR count). The Balaban J connectivity index is 2.11. The molecule has 0 aliphatic rings. The zero-order chi connectivity index (χ0) is 11.4. The molecule has 1 aromatic heterocycles. The van der Waals surface area contributed by atoms with Crippen molar-refractivity contribution in [2.75, 3.05) is 5.32 Å². The van der Waals surface area contributed by atoms with E-state index in [4.69, 9.17) is 11.6 Å². The van der Waals surface area contributed by atoms with Gasteiger partial charge in [0.1, 0.15) is 5.82 Å². The lowest BCUT2D eigenvalue weighted by molar-refractivity contribution is 0.102. The highest BCUT2D eigenvalue weighted by molar-refractivity contribution is 6.30. The van der Waals surface area contributed by atoms with Gasteiger partial charge in [0.15, 0.2) is 0 Å². The van der Waals surface area contributed by atoms with Gasteiger partial charge in [-0.05, 0) is 24.3 Å². The summed E-state index contributed by atoms with van der Waals surface area (Å²) in [5.74, 6) is 0.300. The maximum absolute atomic E-state index is 11.7. The Kier molecular flexibility index (Phi) is 3.17. The van der Waals surface area contributed by atoms with Crippen LogP contribution in [0.25, 0.3) is 0 Å². The van der Waals surface area contributed by atoms with Crippen LogP contribution in [0.4, 0.5) is 5.82 Å². The van der Waals surface area contributed by atoms with Crippen LogP contribution in [0.2, 0.25) is 5.02 Å². The zero-order valence-corrected chi connectivity index (χ0v) is 9.11. The molecule has 1 aromatic carbocycles. The van der Waals surface area contributed by atoms with Gasteiger partial charge in [-0.3, -0.25) is 4.79 Å². The number of carbonyl (C=O) groups is 1. The van der Waals surface area contributed by atoms with Crippen molar-refractivity contribution in [2.24, 2.45) is 0 Å². The number of benzene rings is 1. The summed E-state index contributed by atoms with van der Waals surface area (Å²) in [6.45, 7) is 0. The molecule has 0 unspecified atom stereocenters. The third-order valence-corrected chi connectivity index (χ3v) is 2.23. The molecule has 1 N–H and O–H groups in total. The first kappa shape index (κ1) is 10.6. The van der Waals surface area contributed by atoms with Crippen LogP contribution in [-0.4, -0.2) is 10.9 Å². The van der Waals surface area contributed by atoms with Crippen molar-refractivity contribution >= 4 is 23.3 Å². The molecule has 16 heavy (non-hydrogen) atoms. The van der Waals surface area contributed by atoms with E-state index in [-0.39, 0.29) is 5.91 Å². The fraction of sp³-hybridized carbons (Fsp3) is 0. The van der Waals surface area contributed by atoms with Crippen molar-refractivity contribution < 1.29 is 4.79 Å². The molecule has 0 spiro atoms. The number of hydrogen-bond acceptors (Lipinski definition) is 2. The highest BCUT2D eigenvalue weighted by Gasteiger charge is 2.05. The first-order valence-electron chi connectivity index (χ1n) is 4.73. The molecule has 0 saturated carbocycles. The van der Waals surface area contributed by atoms with Gasteiger partial charge in [0.05, 0.1) is 5.02 Å². The van der Waals surface area contributed by atoms with Crippen LogP contribution >= 0.6 is 11.6 Å². The molecule has 1 amide bonds. The molecule has 0 aliphatic heterocycles. The predicted octanol–water partition coefficient (Wildman–Crippen LogP) is 2.99. The molecule has 0 aliphatic carbocycles. The van der Waals surface area contributed by atoms with Gasteiger partial charge in [-0.2, -0.15) is 0 Å². The van der Waals surface area contributed by atoms with Crippen molar-refractivity contribution in [3.05, 3.63) is 59.2 Å². The smallest absolute Gasteiger partial charge is 0.256 e. The SMILES string of the molecule is O=C(Nc1ccc(Cl)cn1)c1ccccc1. The largest absolute Gasteiger partial charge is 0.307 e. The lowest BCUT2D eigenvalue weighted by Gasteiger charge is -2.03. The van der Waals surface area contributed by atoms with Crippen molar-refractivity contribution in [3.8, 4) is 0 Å². The third-order valence-electron chi connectivity index (χ3n) is 2.00. The van der Waals surface area contributed by atoms with Crippen LogP contribution < -0.4 is 5.32 Å². The third kappa shape index (κ3) is 2.58. The second kappa shape index (κ2) is 4.77. The van der Waals surface area contributed by atoms with Gasteiger partial charge < -0.3 is 5.32 Å². The Morgan fingerprint density at radius 3 is 2.50 bits per heavy atom. The lowest BCUT2D eigenvalue weighted by Crippen LogP contribution is -2.12. The second-order valence-electron chi connectivity index (χ2n) is 3.18. The van der Waals surface area contributed by atoms with Gasteiger partial charge in [0.25, 0.3) is 5.91 Å². The van der Waals surface area contributed by atoms with E-state index in [1.807, 2.05) is 18.2 Å². The van der Waals surface area contributed by atoms with Crippen molar-refractivity contribution in [3.63, 3.8) is 0 Å². The molecule has 0 atom stereocenters. The van der Waals surface area contributed by atoms with Crippen LogP contribution in [-0.2, 0) is 0 Å². The van der Waals surface area contributed by atoms with Crippen molar-refractivity contribution in [2.45, 2.75) is 0 Å². The number of aromatic nitrogens is 1. The second-order valence-corrected chi connectivity index (χ2v) is 3.62. The monoisotopic (exact) mass is 232 g/mol. The minimum atomic E-state index is -0.185. The number of hydrogen-bond donors (Lipinski definition) is 1. The fourth-order valence-corrected chi connectivity index (χ4v) is 1.34. The van der Waals surface area contributed by atoms with Crippen LogP contribution in [0.5, 0.6) is 0 Å². The van der Waals surface area contributed by atoms with E-state index < -0.39 is 0 Å². The first-order valence-corrected chi connectivity index (χ1v) is 5.11. The number of pyridine rings is 1. The summed E-state index contributed by atoms with van der Waals surface area (Å²) in [5, 5.41) is 3.22. The Morgan fingerprint density at radius 1 is 1.12 bits per heavy atom. The first-order chi connectivity index (χ1) is 7.75. The van der Waals surface area contributed by atoms with E-state index in [2.05, 4.69) is 10.3 Å². The van der Waals surface area contributed by atoms with Gasteiger partial charge in [0, 0.05) is 11.8 Å². The summed E-state index contributed by atoms with van der Waals surface area (Å²) >= 11 is 5.69. The highest BCUT2D eigenvalue weighted by atomic mass is 35.5. The molecule has 0 radical (unpaired) electrons. The average molecular weight is 233 g/mol. The predicted molar refractivity (Wildman–Crippen MR) is 63.6 cm³/mol.